The lowest BCUT2D eigenvalue weighted by Crippen LogP contribution is -2.17. The Morgan fingerprint density at radius 1 is 1.22 bits per heavy atom. The maximum atomic E-state index is 15.1. The van der Waals surface area contributed by atoms with Crippen molar-refractivity contribution in [3.63, 3.8) is 0 Å². The highest BCUT2D eigenvalue weighted by Crippen LogP contribution is 2.34. The van der Waals surface area contributed by atoms with E-state index in [1.807, 2.05) is 20.2 Å². The molecular weight excluding hydrogens is 350 g/mol. The van der Waals surface area contributed by atoms with Crippen molar-refractivity contribution in [3.8, 4) is 22.5 Å². The first-order valence-corrected chi connectivity index (χ1v) is 8.52. The molecule has 0 spiro atoms. The minimum atomic E-state index is -0.654. The molecule has 0 atom stereocenters. The predicted octanol–water partition coefficient (Wildman–Crippen LogP) is 3.76. The number of aromatic amines is 1. The molecule has 0 aliphatic rings. The van der Waals surface area contributed by atoms with E-state index in [0.29, 0.717) is 23.4 Å². The zero-order chi connectivity index (χ0) is 19.1. The number of benzene rings is 1. The van der Waals surface area contributed by atoms with Crippen LogP contribution in [0.25, 0.3) is 33.4 Å². The Kier molecular flexibility index (Phi) is 4.10. The summed E-state index contributed by atoms with van der Waals surface area (Å²) in [5.74, 6) is -1.28. The van der Waals surface area contributed by atoms with Gasteiger partial charge in [-0.1, -0.05) is 0 Å². The summed E-state index contributed by atoms with van der Waals surface area (Å²) in [7, 11) is 3.57. The Morgan fingerprint density at radius 2 is 2.04 bits per heavy atom. The second-order valence-electron chi connectivity index (χ2n) is 6.36. The Labute approximate surface area is 154 Å². The molecular formula is C19H18F2N6. The number of hydrogen-bond acceptors (Lipinski definition) is 4. The number of H-pyrrole nitrogens is 1. The van der Waals surface area contributed by atoms with Gasteiger partial charge >= 0.3 is 0 Å². The number of aromatic nitrogens is 5. The number of pyridine rings is 1. The lowest BCUT2D eigenvalue weighted by atomic mass is 10.1. The van der Waals surface area contributed by atoms with Gasteiger partial charge < -0.3 is 4.90 Å². The van der Waals surface area contributed by atoms with Gasteiger partial charge in [0.05, 0.1) is 34.9 Å². The third kappa shape index (κ3) is 2.83. The van der Waals surface area contributed by atoms with Gasteiger partial charge in [0, 0.05) is 37.8 Å². The van der Waals surface area contributed by atoms with Crippen molar-refractivity contribution in [2.24, 2.45) is 7.05 Å². The Hall–Kier alpha value is -3.29. The third-order valence-electron chi connectivity index (χ3n) is 4.64. The normalized spacial score (nSPS) is 11.3. The average Bonchev–Trinajstić information content (AvgIpc) is 3.26. The van der Waals surface area contributed by atoms with Gasteiger partial charge in [0.15, 0.2) is 5.82 Å². The molecule has 8 heteroatoms. The molecule has 1 N–H and O–H groups in total. The minimum Gasteiger partial charge on any atom is -0.372 e. The van der Waals surface area contributed by atoms with E-state index in [1.165, 1.54) is 18.3 Å². The van der Waals surface area contributed by atoms with Crippen molar-refractivity contribution in [2.75, 3.05) is 18.5 Å². The molecule has 0 aliphatic heterocycles. The molecule has 0 saturated heterocycles. The van der Waals surface area contributed by atoms with Crippen LogP contribution in [0.5, 0.6) is 0 Å². The summed E-state index contributed by atoms with van der Waals surface area (Å²) in [6.45, 7) is 2.50. The molecule has 3 aromatic heterocycles. The van der Waals surface area contributed by atoms with Crippen LogP contribution in [0.2, 0.25) is 0 Å². The average molecular weight is 368 g/mol. The van der Waals surface area contributed by atoms with Gasteiger partial charge in [-0.05, 0) is 25.1 Å². The highest BCUT2D eigenvalue weighted by atomic mass is 19.1. The van der Waals surface area contributed by atoms with Crippen LogP contribution in [0.15, 0.2) is 36.8 Å². The van der Waals surface area contributed by atoms with E-state index >= 15 is 4.39 Å². The number of anilines is 1. The number of aryl methyl sites for hydroxylation is 1. The molecule has 1 aromatic carbocycles. The summed E-state index contributed by atoms with van der Waals surface area (Å²) in [6.07, 6.45) is 5.05. The van der Waals surface area contributed by atoms with Gasteiger partial charge in [-0.25, -0.2) is 8.78 Å². The molecule has 0 fully saturated rings. The van der Waals surface area contributed by atoms with E-state index in [0.717, 1.165) is 10.9 Å². The zero-order valence-electron chi connectivity index (χ0n) is 15.2. The summed E-state index contributed by atoms with van der Waals surface area (Å²) < 4.78 is 31.2. The Bertz CT molecular complexity index is 1130. The van der Waals surface area contributed by atoms with Crippen LogP contribution in [-0.2, 0) is 7.05 Å². The summed E-state index contributed by atoms with van der Waals surface area (Å²) in [5.41, 5.74) is 2.55. The fourth-order valence-corrected chi connectivity index (χ4v) is 3.06. The van der Waals surface area contributed by atoms with Crippen LogP contribution in [0.1, 0.15) is 6.92 Å². The molecule has 3 heterocycles. The van der Waals surface area contributed by atoms with Crippen molar-refractivity contribution in [1.82, 2.24) is 25.0 Å². The number of halogens is 2. The van der Waals surface area contributed by atoms with Crippen LogP contribution in [-0.4, -0.2) is 38.6 Å². The Balaban J connectivity index is 1.90. The van der Waals surface area contributed by atoms with Crippen molar-refractivity contribution in [2.45, 2.75) is 6.92 Å². The van der Waals surface area contributed by atoms with E-state index < -0.39 is 11.6 Å². The van der Waals surface area contributed by atoms with Gasteiger partial charge in [-0.3, -0.25) is 14.8 Å². The number of hydrogen-bond donors (Lipinski definition) is 1. The van der Waals surface area contributed by atoms with Gasteiger partial charge in [0.25, 0.3) is 0 Å². The van der Waals surface area contributed by atoms with Crippen molar-refractivity contribution in [1.29, 1.82) is 0 Å². The summed E-state index contributed by atoms with van der Waals surface area (Å²) in [4.78, 5) is 5.96. The van der Waals surface area contributed by atoms with Crippen molar-refractivity contribution in [3.05, 3.63) is 48.4 Å². The Morgan fingerprint density at radius 3 is 2.74 bits per heavy atom. The molecule has 6 nitrogen and oxygen atoms in total. The van der Waals surface area contributed by atoms with E-state index in [2.05, 4.69) is 20.3 Å². The van der Waals surface area contributed by atoms with Crippen LogP contribution in [0, 0.1) is 11.6 Å². The SMILES string of the molecule is CCN(C)c1ccc(F)c(-c2cc3c(-c4cnn(C)c4)n[nH]c3cn2)c1F. The maximum absolute atomic E-state index is 15.1. The van der Waals surface area contributed by atoms with Crippen LogP contribution < -0.4 is 4.90 Å². The van der Waals surface area contributed by atoms with E-state index in [1.54, 1.807) is 28.9 Å². The second kappa shape index (κ2) is 6.46. The van der Waals surface area contributed by atoms with E-state index in [-0.39, 0.29) is 11.3 Å². The number of fused-ring (bicyclic) bond motifs is 1. The first-order chi connectivity index (χ1) is 13.0. The summed E-state index contributed by atoms with van der Waals surface area (Å²) in [5, 5.41) is 12.1. The molecule has 0 radical (unpaired) electrons. The van der Waals surface area contributed by atoms with E-state index in [9.17, 15) is 4.39 Å². The topological polar surface area (TPSA) is 62.6 Å². The van der Waals surface area contributed by atoms with Gasteiger partial charge in [0.2, 0.25) is 0 Å². The number of nitrogens with one attached hydrogen (secondary N) is 1. The predicted molar refractivity (Wildman–Crippen MR) is 100 cm³/mol. The van der Waals surface area contributed by atoms with Crippen molar-refractivity contribution >= 4 is 16.6 Å². The minimum absolute atomic E-state index is 0.145. The monoisotopic (exact) mass is 368 g/mol. The zero-order valence-corrected chi connectivity index (χ0v) is 15.2. The molecule has 4 aromatic rings. The van der Waals surface area contributed by atoms with Crippen LogP contribution >= 0.6 is 0 Å². The number of rotatable bonds is 4. The summed E-state index contributed by atoms with van der Waals surface area (Å²) >= 11 is 0. The maximum Gasteiger partial charge on any atom is 0.158 e. The van der Waals surface area contributed by atoms with Crippen LogP contribution in [0.3, 0.4) is 0 Å². The molecule has 138 valence electrons. The molecule has 4 rings (SSSR count). The first-order valence-electron chi connectivity index (χ1n) is 8.52. The molecule has 0 bridgehead atoms. The standard InChI is InChI=1S/C19H18F2N6/c1-4-26(2)16-6-5-13(20)17(18(16)21)14-7-12-15(9-22-14)24-25-19(12)11-8-23-27(3)10-11/h5-10H,4H2,1-3H3,(H,24,25). The van der Waals surface area contributed by atoms with Crippen molar-refractivity contribution < 1.29 is 8.78 Å². The molecule has 0 unspecified atom stereocenters. The van der Waals surface area contributed by atoms with Gasteiger partial charge in [-0.2, -0.15) is 10.2 Å². The van der Waals surface area contributed by atoms with Crippen LogP contribution in [0.4, 0.5) is 14.5 Å². The second-order valence-corrected chi connectivity index (χ2v) is 6.36. The number of nitrogens with zero attached hydrogens (tertiary/aromatic N) is 5. The molecule has 27 heavy (non-hydrogen) atoms. The lowest BCUT2D eigenvalue weighted by molar-refractivity contribution is 0.587. The van der Waals surface area contributed by atoms with Gasteiger partial charge in [-0.15, -0.1) is 0 Å². The fourth-order valence-electron chi connectivity index (χ4n) is 3.06. The van der Waals surface area contributed by atoms with Gasteiger partial charge in [0.1, 0.15) is 11.5 Å². The third-order valence-corrected chi connectivity index (χ3v) is 4.64. The quantitative estimate of drug-likeness (QED) is 0.596. The molecule has 0 aliphatic carbocycles. The lowest BCUT2D eigenvalue weighted by Gasteiger charge is -2.19. The largest absolute Gasteiger partial charge is 0.372 e. The highest BCUT2D eigenvalue weighted by molar-refractivity contribution is 5.94. The summed E-state index contributed by atoms with van der Waals surface area (Å²) in [6, 6.07) is 4.36. The van der Waals surface area contributed by atoms with E-state index in [4.69, 9.17) is 0 Å². The highest BCUT2D eigenvalue weighted by Gasteiger charge is 2.20. The first kappa shape index (κ1) is 17.1. The fraction of sp³-hybridized carbons (Fsp3) is 0.211. The molecule has 0 saturated carbocycles. The smallest absolute Gasteiger partial charge is 0.158 e. The molecule has 0 amide bonds.